The van der Waals surface area contributed by atoms with E-state index in [0.717, 1.165) is 45.3 Å². The Bertz CT molecular complexity index is 518. The molecule has 1 aliphatic rings. The van der Waals surface area contributed by atoms with Crippen molar-refractivity contribution in [2.24, 2.45) is 5.41 Å². The number of hydrogen-bond donors (Lipinski definition) is 3. The number of hydrogen-bond acceptors (Lipinski definition) is 5. The molecule has 6 nitrogen and oxygen atoms in total. The van der Waals surface area contributed by atoms with Crippen LogP contribution in [0.3, 0.4) is 0 Å². The maximum absolute atomic E-state index is 12.0. The van der Waals surface area contributed by atoms with Crippen molar-refractivity contribution >= 4 is 11.8 Å². The number of amides is 2. The molecular formula is C23H44N4O2. The van der Waals surface area contributed by atoms with E-state index in [4.69, 9.17) is 0 Å². The molecule has 0 aromatic rings. The molecule has 0 aromatic heterocycles. The van der Waals surface area contributed by atoms with Crippen molar-refractivity contribution in [3.8, 4) is 0 Å². The summed E-state index contributed by atoms with van der Waals surface area (Å²) in [5.41, 5.74) is 0.133. The number of nitrogens with zero attached hydrogens (tertiary/aromatic N) is 1. The standard InChI is InChI=1S/C23H44N4O2/c1-18(2)24-14-10-23(11-15-25-19(3)4,12-16-26-22(5,6)7)13-17-27-20(28)8-9-21(27)29/h8-9,18-19,24-26H,10-17H2,1-7H3. The van der Waals surface area contributed by atoms with E-state index in [1.54, 1.807) is 0 Å². The molecule has 0 atom stereocenters. The molecule has 6 heteroatoms. The third-order valence-corrected chi connectivity index (χ3v) is 5.49. The van der Waals surface area contributed by atoms with Crippen LogP contribution in [0.2, 0.25) is 0 Å². The van der Waals surface area contributed by atoms with Crippen molar-refractivity contribution in [1.82, 2.24) is 20.9 Å². The van der Waals surface area contributed by atoms with Gasteiger partial charge in [-0.2, -0.15) is 0 Å². The smallest absolute Gasteiger partial charge is 0.253 e. The topological polar surface area (TPSA) is 73.5 Å². The monoisotopic (exact) mass is 408 g/mol. The van der Waals surface area contributed by atoms with E-state index in [0.29, 0.717) is 18.6 Å². The highest BCUT2D eigenvalue weighted by molar-refractivity contribution is 6.12. The molecule has 0 spiro atoms. The second kappa shape index (κ2) is 11.8. The van der Waals surface area contributed by atoms with Gasteiger partial charge < -0.3 is 16.0 Å². The molecule has 1 heterocycles. The van der Waals surface area contributed by atoms with Crippen molar-refractivity contribution < 1.29 is 9.59 Å². The molecule has 168 valence electrons. The molecule has 29 heavy (non-hydrogen) atoms. The Labute approximate surface area is 178 Å². The number of rotatable bonds is 14. The number of imide groups is 1. The van der Waals surface area contributed by atoms with Gasteiger partial charge in [-0.05, 0) is 71.5 Å². The Balaban J connectivity index is 2.88. The highest BCUT2D eigenvalue weighted by Gasteiger charge is 2.33. The minimum atomic E-state index is -0.183. The van der Waals surface area contributed by atoms with Gasteiger partial charge in [0.05, 0.1) is 0 Å². The number of carbonyl (C=O) groups excluding carboxylic acids is 2. The molecule has 0 radical (unpaired) electrons. The van der Waals surface area contributed by atoms with E-state index >= 15 is 0 Å². The molecule has 0 saturated heterocycles. The van der Waals surface area contributed by atoms with Gasteiger partial charge in [-0.25, -0.2) is 0 Å². The first-order valence-electron chi connectivity index (χ1n) is 11.2. The van der Waals surface area contributed by atoms with Crippen LogP contribution in [0, 0.1) is 5.41 Å². The van der Waals surface area contributed by atoms with Crippen LogP contribution in [-0.4, -0.2) is 60.5 Å². The first-order valence-corrected chi connectivity index (χ1v) is 11.2. The number of nitrogens with one attached hydrogen (secondary N) is 3. The van der Waals surface area contributed by atoms with Crippen LogP contribution in [0.5, 0.6) is 0 Å². The first kappa shape index (κ1) is 25.8. The quantitative estimate of drug-likeness (QED) is 0.386. The fourth-order valence-electron chi connectivity index (χ4n) is 3.71. The Kier molecular flexibility index (Phi) is 10.5. The van der Waals surface area contributed by atoms with Crippen molar-refractivity contribution in [2.75, 3.05) is 26.2 Å². The third-order valence-electron chi connectivity index (χ3n) is 5.49. The average molecular weight is 409 g/mol. The Hall–Kier alpha value is -1.24. The molecule has 1 rings (SSSR count). The second-order valence-electron chi connectivity index (χ2n) is 10.1. The predicted molar refractivity (Wildman–Crippen MR) is 121 cm³/mol. The summed E-state index contributed by atoms with van der Waals surface area (Å²) < 4.78 is 0. The van der Waals surface area contributed by atoms with Gasteiger partial charge in [0, 0.05) is 36.3 Å². The predicted octanol–water partition coefficient (Wildman–Crippen LogP) is 2.84. The molecule has 0 aromatic carbocycles. The summed E-state index contributed by atoms with van der Waals surface area (Å²) in [6, 6.07) is 0.889. The lowest BCUT2D eigenvalue weighted by Crippen LogP contribution is -2.42. The van der Waals surface area contributed by atoms with Crippen LogP contribution < -0.4 is 16.0 Å². The molecule has 2 amide bonds. The summed E-state index contributed by atoms with van der Waals surface area (Å²) in [7, 11) is 0. The zero-order chi connectivity index (χ0) is 22.1. The van der Waals surface area contributed by atoms with Gasteiger partial charge in [0.15, 0.2) is 0 Å². The average Bonchev–Trinajstić information content (AvgIpc) is 2.89. The molecule has 0 fully saturated rings. The normalized spacial score (nSPS) is 15.4. The van der Waals surface area contributed by atoms with Crippen LogP contribution in [-0.2, 0) is 9.59 Å². The van der Waals surface area contributed by atoms with E-state index in [1.807, 2.05) is 0 Å². The summed E-state index contributed by atoms with van der Waals surface area (Å²) in [6.07, 6.45) is 6.67. The van der Waals surface area contributed by atoms with Gasteiger partial charge in [-0.1, -0.05) is 27.7 Å². The first-order chi connectivity index (χ1) is 13.4. The van der Waals surface area contributed by atoms with E-state index in [2.05, 4.69) is 64.4 Å². The van der Waals surface area contributed by atoms with E-state index in [-0.39, 0.29) is 22.8 Å². The lowest BCUT2D eigenvalue weighted by molar-refractivity contribution is -0.137. The van der Waals surface area contributed by atoms with E-state index in [9.17, 15) is 9.59 Å². The van der Waals surface area contributed by atoms with Crippen molar-refractivity contribution in [3.63, 3.8) is 0 Å². The molecular weight excluding hydrogens is 364 g/mol. The van der Waals surface area contributed by atoms with Gasteiger partial charge in [0.2, 0.25) is 0 Å². The fourth-order valence-corrected chi connectivity index (χ4v) is 3.71. The maximum atomic E-state index is 12.0. The minimum absolute atomic E-state index is 0.0607. The summed E-state index contributed by atoms with van der Waals surface area (Å²) in [4.78, 5) is 25.5. The fraction of sp³-hybridized carbons (Fsp3) is 0.826. The van der Waals surface area contributed by atoms with Crippen LogP contribution in [0.1, 0.15) is 74.1 Å². The van der Waals surface area contributed by atoms with Gasteiger partial charge in [-0.15, -0.1) is 0 Å². The molecule has 0 aliphatic carbocycles. The van der Waals surface area contributed by atoms with Gasteiger partial charge in [0.1, 0.15) is 0 Å². The Morgan fingerprint density at radius 3 is 1.66 bits per heavy atom. The van der Waals surface area contributed by atoms with Crippen molar-refractivity contribution in [1.29, 1.82) is 0 Å². The van der Waals surface area contributed by atoms with Crippen molar-refractivity contribution in [3.05, 3.63) is 12.2 Å². The zero-order valence-electron chi connectivity index (χ0n) is 19.7. The summed E-state index contributed by atoms with van der Waals surface area (Å²) in [5.74, 6) is -0.366. The van der Waals surface area contributed by atoms with Crippen LogP contribution in [0.25, 0.3) is 0 Å². The minimum Gasteiger partial charge on any atom is -0.315 e. The zero-order valence-corrected chi connectivity index (χ0v) is 19.7. The van der Waals surface area contributed by atoms with E-state index in [1.165, 1.54) is 17.1 Å². The third kappa shape index (κ3) is 10.4. The Morgan fingerprint density at radius 1 is 0.793 bits per heavy atom. The van der Waals surface area contributed by atoms with Crippen LogP contribution in [0.4, 0.5) is 0 Å². The highest BCUT2D eigenvalue weighted by Crippen LogP contribution is 2.35. The lowest BCUT2D eigenvalue weighted by Gasteiger charge is -2.37. The largest absolute Gasteiger partial charge is 0.315 e. The Morgan fingerprint density at radius 2 is 1.24 bits per heavy atom. The summed E-state index contributed by atoms with van der Waals surface area (Å²) >= 11 is 0. The maximum Gasteiger partial charge on any atom is 0.253 e. The molecule has 3 N–H and O–H groups in total. The van der Waals surface area contributed by atoms with Gasteiger partial charge in [-0.3, -0.25) is 14.5 Å². The van der Waals surface area contributed by atoms with E-state index < -0.39 is 0 Å². The number of carbonyl (C=O) groups is 2. The second-order valence-corrected chi connectivity index (χ2v) is 10.1. The summed E-state index contributed by atoms with van der Waals surface area (Å²) in [5, 5.41) is 10.7. The van der Waals surface area contributed by atoms with Gasteiger partial charge >= 0.3 is 0 Å². The SMILES string of the molecule is CC(C)NCCC(CCNC(C)C)(CCNC(C)(C)C)CCN1C(=O)C=CC1=O. The summed E-state index contributed by atoms with van der Waals surface area (Å²) in [6.45, 7) is 18.5. The van der Waals surface area contributed by atoms with Crippen molar-refractivity contribution in [2.45, 2.75) is 91.8 Å². The molecule has 0 unspecified atom stereocenters. The molecule has 0 bridgehead atoms. The van der Waals surface area contributed by atoms with Crippen LogP contribution in [0.15, 0.2) is 12.2 Å². The van der Waals surface area contributed by atoms with Gasteiger partial charge in [0.25, 0.3) is 11.8 Å². The molecule has 0 saturated carbocycles. The highest BCUT2D eigenvalue weighted by atomic mass is 16.2. The lowest BCUT2D eigenvalue weighted by atomic mass is 9.74. The van der Waals surface area contributed by atoms with Crippen LogP contribution >= 0.6 is 0 Å². The molecule has 1 aliphatic heterocycles.